The van der Waals surface area contributed by atoms with Crippen molar-refractivity contribution in [3.8, 4) is 11.1 Å². The summed E-state index contributed by atoms with van der Waals surface area (Å²) in [6.45, 7) is 4.74. The Labute approximate surface area is 180 Å². The first-order chi connectivity index (χ1) is 14.9. The molecule has 0 bridgehead atoms. The van der Waals surface area contributed by atoms with Gasteiger partial charge in [-0.2, -0.15) is 0 Å². The standard InChI is InChI=1S/C24H26FN3O3/c1-24(2,25)22-10-18(13-27-14-22)12-26-5-3-6-28-23(30)21-9-17(15-29)8-20(11-21)19-4-7-31-16-19/h4,7-11,13-16,26H,3,5-6,12H2,1-2H3,(H,28,30). The van der Waals surface area contributed by atoms with Gasteiger partial charge in [0, 0.05) is 47.7 Å². The van der Waals surface area contributed by atoms with Gasteiger partial charge in [-0.15, -0.1) is 0 Å². The summed E-state index contributed by atoms with van der Waals surface area (Å²) >= 11 is 0. The van der Waals surface area contributed by atoms with E-state index in [9.17, 15) is 14.0 Å². The summed E-state index contributed by atoms with van der Waals surface area (Å²) in [5, 5.41) is 6.14. The monoisotopic (exact) mass is 423 g/mol. The Balaban J connectivity index is 1.47. The molecule has 2 aromatic heterocycles. The lowest BCUT2D eigenvalue weighted by molar-refractivity contribution is 0.0953. The number of nitrogens with zero attached hydrogens (tertiary/aromatic N) is 1. The van der Waals surface area contributed by atoms with Crippen LogP contribution in [0.5, 0.6) is 0 Å². The normalized spacial score (nSPS) is 11.3. The first-order valence-corrected chi connectivity index (χ1v) is 10.1. The van der Waals surface area contributed by atoms with Crippen LogP contribution in [0.25, 0.3) is 11.1 Å². The molecule has 0 saturated carbocycles. The average molecular weight is 423 g/mol. The minimum Gasteiger partial charge on any atom is -0.472 e. The van der Waals surface area contributed by atoms with Crippen LogP contribution in [-0.2, 0) is 12.2 Å². The van der Waals surface area contributed by atoms with Gasteiger partial charge in [-0.3, -0.25) is 14.6 Å². The molecule has 0 atom stereocenters. The number of benzene rings is 1. The second-order valence-electron chi connectivity index (χ2n) is 7.81. The predicted octanol–water partition coefficient (Wildman–Crippen LogP) is 4.27. The molecular weight excluding hydrogens is 397 g/mol. The highest BCUT2D eigenvalue weighted by Gasteiger charge is 2.19. The quantitative estimate of drug-likeness (QED) is 0.376. The molecule has 2 N–H and O–H groups in total. The smallest absolute Gasteiger partial charge is 0.251 e. The third-order valence-electron chi connectivity index (χ3n) is 4.83. The number of rotatable bonds is 10. The zero-order chi connectivity index (χ0) is 22.3. The number of aromatic nitrogens is 1. The second-order valence-corrected chi connectivity index (χ2v) is 7.81. The fraction of sp³-hybridized carbons (Fsp3) is 0.292. The van der Waals surface area contributed by atoms with Crippen LogP contribution in [0.15, 0.2) is 59.7 Å². The predicted molar refractivity (Wildman–Crippen MR) is 117 cm³/mol. The number of amides is 1. The van der Waals surface area contributed by atoms with Gasteiger partial charge in [-0.1, -0.05) is 0 Å². The van der Waals surface area contributed by atoms with E-state index in [1.807, 2.05) is 0 Å². The molecule has 0 fully saturated rings. The van der Waals surface area contributed by atoms with Crippen molar-refractivity contribution in [3.05, 3.63) is 77.5 Å². The Kier molecular flexibility index (Phi) is 7.31. The summed E-state index contributed by atoms with van der Waals surface area (Å²) in [6, 6.07) is 8.59. The fourth-order valence-corrected chi connectivity index (χ4v) is 3.11. The van der Waals surface area contributed by atoms with Crippen molar-refractivity contribution in [2.75, 3.05) is 13.1 Å². The molecule has 1 amide bonds. The van der Waals surface area contributed by atoms with Gasteiger partial charge >= 0.3 is 0 Å². The van der Waals surface area contributed by atoms with Gasteiger partial charge in [0.15, 0.2) is 0 Å². The van der Waals surface area contributed by atoms with Gasteiger partial charge in [-0.25, -0.2) is 4.39 Å². The molecule has 0 radical (unpaired) electrons. The summed E-state index contributed by atoms with van der Waals surface area (Å²) in [7, 11) is 0. The summed E-state index contributed by atoms with van der Waals surface area (Å²) in [5.41, 5.74) is 2.43. The van der Waals surface area contributed by atoms with E-state index >= 15 is 0 Å². The number of hydrogen-bond acceptors (Lipinski definition) is 5. The van der Waals surface area contributed by atoms with Crippen LogP contribution in [0.2, 0.25) is 0 Å². The molecule has 6 nitrogen and oxygen atoms in total. The maximum atomic E-state index is 14.0. The molecule has 0 aliphatic rings. The minimum absolute atomic E-state index is 0.240. The molecule has 0 aliphatic carbocycles. The maximum Gasteiger partial charge on any atom is 0.251 e. The number of pyridine rings is 1. The Morgan fingerprint density at radius 1 is 1.16 bits per heavy atom. The van der Waals surface area contributed by atoms with Crippen molar-refractivity contribution in [2.24, 2.45) is 0 Å². The zero-order valence-corrected chi connectivity index (χ0v) is 17.7. The zero-order valence-electron chi connectivity index (χ0n) is 17.7. The number of carbonyl (C=O) groups is 2. The Hall–Kier alpha value is -3.32. The lowest BCUT2D eigenvalue weighted by Gasteiger charge is -2.15. The molecule has 0 aliphatic heterocycles. The van der Waals surface area contributed by atoms with Crippen molar-refractivity contribution in [1.82, 2.24) is 15.6 Å². The third kappa shape index (κ3) is 6.33. The molecule has 3 aromatic rings. The van der Waals surface area contributed by atoms with Gasteiger partial charge < -0.3 is 15.1 Å². The van der Waals surface area contributed by atoms with Gasteiger partial charge in [0.05, 0.1) is 12.5 Å². The minimum atomic E-state index is -1.42. The van der Waals surface area contributed by atoms with E-state index in [1.54, 1.807) is 49.1 Å². The maximum absolute atomic E-state index is 14.0. The van der Waals surface area contributed by atoms with Crippen molar-refractivity contribution >= 4 is 12.2 Å². The number of alkyl halides is 1. The van der Waals surface area contributed by atoms with Gasteiger partial charge in [0.25, 0.3) is 5.91 Å². The van der Waals surface area contributed by atoms with Crippen LogP contribution in [0, 0.1) is 0 Å². The summed E-state index contributed by atoms with van der Waals surface area (Å²) in [5.74, 6) is -0.240. The first kappa shape index (κ1) is 22.4. The third-order valence-corrected chi connectivity index (χ3v) is 4.83. The lowest BCUT2D eigenvalue weighted by Crippen LogP contribution is -2.27. The van der Waals surface area contributed by atoms with Crippen molar-refractivity contribution in [2.45, 2.75) is 32.5 Å². The highest BCUT2D eigenvalue weighted by molar-refractivity contribution is 5.97. The number of halogens is 1. The van der Waals surface area contributed by atoms with Gasteiger partial charge in [-0.05, 0) is 68.3 Å². The highest BCUT2D eigenvalue weighted by Crippen LogP contribution is 2.24. The van der Waals surface area contributed by atoms with E-state index in [4.69, 9.17) is 4.42 Å². The van der Waals surface area contributed by atoms with E-state index in [2.05, 4.69) is 15.6 Å². The van der Waals surface area contributed by atoms with E-state index < -0.39 is 5.67 Å². The molecule has 7 heteroatoms. The molecule has 2 heterocycles. The van der Waals surface area contributed by atoms with Crippen LogP contribution in [0.3, 0.4) is 0 Å². The van der Waals surface area contributed by atoms with E-state index in [-0.39, 0.29) is 5.91 Å². The summed E-state index contributed by atoms with van der Waals surface area (Å²) < 4.78 is 19.1. The second kappa shape index (κ2) is 10.1. The van der Waals surface area contributed by atoms with Crippen molar-refractivity contribution < 1.29 is 18.4 Å². The van der Waals surface area contributed by atoms with Crippen LogP contribution < -0.4 is 10.6 Å². The molecule has 0 unspecified atom stereocenters. The summed E-state index contributed by atoms with van der Waals surface area (Å²) in [6.07, 6.45) is 7.79. The van der Waals surface area contributed by atoms with Crippen molar-refractivity contribution in [3.63, 3.8) is 0 Å². The van der Waals surface area contributed by atoms with E-state index in [0.717, 1.165) is 29.4 Å². The molecule has 162 valence electrons. The largest absolute Gasteiger partial charge is 0.472 e. The Morgan fingerprint density at radius 2 is 2.00 bits per heavy atom. The number of aldehydes is 1. The lowest BCUT2D eigenvalue weighted by atomic mass is 10.0. The van der Waals surface area contributed by atoms with Crippen molar-refractivity contribution in [1.29, 1.82) is 0 Å². The summed E-state index contributed by atoms with van der Waals surface area (Å²) in [4.78, 5) is 27.8. The van der Waals surface area contributed by atoms with E-state index in [1.165, 1.54) is 20.0 Å². The highest BCUT2D eigenvalue weighted by atomic mass is 19.1. The van der Waals surface area contributed by atoms with Crippen LogP contribution in [-0.4, -0.2) is 30.3 Å². The van der Waals surface area contributed by atoms with E-state index in [0.29, 0.717) is 36.3 Å². The van der Waals surface area contributed by atoms with Crippen LogP contribution in [0.1, 0.15) is 52.1 Å². The topological polar surface area (TPSA) is 84.2 Å². The molecule has 1 aromatic carbocycles. The number of furan rings is 1. The molecule has 0 spiro atoms. The first-order valence-electron chi connectivity index (χ1n) is 10.1. The molecule has 3 rings (SSSR count). The average Bonchev–Trinajstić information content (AvgIpc) is 3.30. The molecular formula is C24H26FN3O3. The Bertz CT molecular complexity index is 1030. The van der Waals surface area contributed by atoms with Crippen LogP contribution >= 0.6 is 0 Å². The van der Waals surface area contributed by atoms with Crippen LogP contribution in [0.4, 0.5) is 4.39 Å². The Morgan fingerprint density at radius 3 is 2.71 bits per heavy atom. The molecule has 31 heavy (non-hydrogen) atoms. The number of hydrogen-bond donors (Lipinski definition) is 2. The SMILES string of the molecule is CC(C)(F)c1cncc(CNCCCNC(=O)c2cc(C=O)cc(-c3ccoc3)c2)c1. The van der Waals surface area contributed by atoms with Gasteiger partial charge in [0.2, 0.25) is 0 Å². The van der Waals surface area contributed by atoms with Gasteiger partial charge in [0.1, 0.15) is 12.0 Å². The number of nitrogens with one attached hydrogen (secondary N) is 2. The number of carbonyl (C=O) groups excluding carboxylic acids is 2. The molecule has 0 saturated heterocycles. The fourth-order valence-electron chi connectivity index (χ4n) is 3.11.